The van der Waals surface area contributed by atoms with Gasteiger partial charge >= 0.3 is 0 Å². The first kappa shape index (κ1) is 14.5. The van der Waals surface area contributed by atoms with Crippen LogP contribution in [0.25, 0.3) is 0 Å². The molecule has 2 heterocycles. The summed E-state index contributed by atoms with van der Waals surface area (Å²) < 4.78 is 7.48. The summed E-state index contributed by atoms with van der Waals surface area (Å²) in [6.45, 7) is 3.93. The predicted molar refractivity (Wildman–Crippen MR) is 83.3 cm³/mol. The third-order valence-electron chi connectivity index (χ3n) is 2.84. The van der Waals surface area contributed by atoms with E-state index in [0.29, 0.717) is 11.0 Å². The second-order valence-corrected chi connectivity index (χ2v) is 5.11. The number of pyridine rings is 1. The van der Waals surface area contributed by atoms with Crippen LogP contribution in [0, 0.1) is 0 Å². The van der Waals surface area contributed by atoms with Gasteiger partial charge in [0.05, 0.1) is 29.9 Å². The van der Waals surface area contributed by atoms with Crippen molar-refractivity contribution in [1.82, 2.24) is 14.5 Å². The predicted octanol–water partition coefficient (Wildman–Crippen LogP) is 2.41. The lowest BCUT2D eigenvalue weighted by atomic mass is 10.3. The zero-order chi connectivity index (χ0) is 14.7. The standard InChI is InChI=1S/C14H18N4OS/c1-10(2)19-14-16-9-12(18(14)4)13(20)17(3)11-6-5-7-15-8-11/h5-10H,1-4H3. The second-order valence-electron chi connectivity index (χ2n) is 4.73. The Balaban J connectivity index is 2.24. The first-order valence-electron chi connectivity index (χ1n) is 6.37. The largest absolute Gasteiger partial charge is 0.462 e. The van der Waals surface area contributed by atoms with Gasteiger partial charge in [-0.25, -0.2) is 4.98 Å². The molecule has 0 saturated carbocycles. The first-order valence-corrected chi connectivity index (χ1v) is 6.78. The fourth-order valence-electron chi connectivity index (χ4n) is 1.75. The maximum Gasteiger partial charge on any atom is 0.296 e. The molecule has 0 spiro atoms. The molecule has 20 heavy (non-hydrogen) atoms. The van der Waals surface area contributed by atoms with E-state index in [1.165, 1.54) is 0 Å². The highest BCUT2D eigenvalue weighted by molar-refractivity contribution is 7.81. The molecular formula is C14H18N4OS. The molecule has 0 fully saturated rings. The Morgan fingerprint density at radius 1 is 1.40 bits per heavy atom. The zero-order valence-corrected chi connectivity index (χ0v) is 12.9. The van der Waals surface area contributed by atoms with Crippen LogP contribution in [-0.4, -0.2) is 32.7 Å². The molecule has 106 valence electrons. The van der Waals surface area contributed by atoms with Gasteiger partial charge in [0.1, 0.15) is 4.99 Å². The summed E-state index contributed by atoms with van der Waals surface area (Å²) in [5.74, 6) is 0. The molecule has 0 aromatic carbocycles. The average Bonchev–Trinajstić information content (AvgIpc) is 2.79. The number of hydrogen-bond acceptors (Lipinski definition) is 4. The van der Waals surface area contributed by atoms with E-state index in [1.807, 2.05) is 49.5 Å². The monoisotopic (exact) mass is 290 g/mol. The van der Waals surface area contributed by atoms with Crippen LogP contribution in [0.4, 0.5) is 5.69 Å². The fraction of sp³-hybridized carbons (Fsp3) is 0.357. The molecule has 2 aromatic heterocycles. The van der Waals surface area contributed by atoms with E-state index in [1.54, 1.807) is 18.6 Å². The Morgan fingerprint density at radius 3 is 2.75 bits per heavy atom. The van der Waals surface area contributed by atoms with Crippen molar-refractivity contribution in [1.29, 1.82) is 0 Å². The Labute approximate surface area is 124 Å². The molecule has 0 amide bonds. The number of aromatic nitrogens is 3. The summed E-state index contributed by atoms with van der Waals surface area (Å²) in [4.78, 5) is 10.9. The van der Waals surface area contributed by atoms with Gasteiger partial charge in [0, 0.05) is 20.3 Å². The topological polar surface area (TPSA) is 43.2 Å². The number of thiocarbonyl (C=S) groups is 1. The highest BCUT2D eigenvalue weighted by Gasteiger charge is 2.16. The lowest BCUT2D eigenvalue weighted by Gasteiger charge is -2.20. The van der Waals surface area contributed by atoms with E-state index >= 15 is 0 Å². The molecule has 0 N–H and O–H groups in total. The van der Waals surface area contributed by atoms with Crippen molar-refractivity contribution in [2.75, 3.05) is 11.9 Å². The lowest BCUT2D eigenvalue weighted by molar-refractivity contribution is 0.215. The van der Waals surface area contributed by atoms with Gasteiger partial charge in [-0.15, -0.1) is 0 Å². The van der Waals surface area contributed by atoms with E-state index < -0.39 is 0 Å². The molecule has 0 aliphatic heterocycles. The molecule has 6 heteroatoms. The van der Waals surface area contributed by atoms with Crippen molar-refractivity contribution in [3.63, 3.8) is 0 Å². The maximum absolute atomic E-state index is 5.62. The van der Waals surface area contributed by atoms with Crippen LogP contribution >= 0.6 is 12.2 Å². The number of ether oxygens (including phenoxy) is 1. The van der Waals surface area contributed by atoms with Gasteiger partial charge in [-0.3, -0.25) is 9.55 Å². The Bertz CT molecular complexity index is 594. The minimum absolute atomic E-state index is 0.0774. The van der Waals surface area contributed by atoms with Crippen LogP contribution in [0.5, 0.6) is 6.01 Å². The van der Waals surface area contributed by atoms with E-state index in [2.05, 4.69) is 9.97 Å². The number of nitrogens with zero attached hydrogens (tertiary/aromatic N) is 4. The van der Waals surface area contributed by atoms with Crippen molar-refractivity contribution in [2.45, 2.75) is 20.0 Å². The quantitative estimate of drug-likeness (QED) is 0.809. The summed E-state index contributed by atoms with van der Waals surface area (Å²) in [7, 11) is 3.80. The second kappa shape index (κ2) is 6.00. The highest BCUT2D eigenvalue weighted by atomic mass is 32.1. The van der Waals surface area contributed by atoms with Crippen LogP contribution in [-0.2, 0) is 7.05 Å². The SMILES string of the molecule is CC(C)Oc1ncc(C(=S)N(C)c2cccnc2)n1C. The molecular weight excluding hydrogens is 272 g/mol. The third-order valence-corrected chi connectivity index (χ3v) is 3.33. The van der Waals surface area contributed by atoms with Crippen molar-refractivity contribution in [3.05, 3.63) is 36.4 Å². The summed E-state index contributed by atoms with van der Waals surface area (Å²) in [5.41, 5.74) is 1.77. The van der Waals surface area contributed by atoms with E-state index in [-0.39, 0.29) is 6.10 Å². The van der Waals surface area contributed by atoms with E-state index in [9.17, 15) is 0 Å². The molecule has 2 rings (SSSR count). The number of rotatable bonds is 4. The molecule has 0 atom stereocenters. The number of imidazole rings is 1. The van der Waals surface area contributed by atoms with Crippen LogP contribution in [0.2, 0.25) is 0 Å². The van der Waals surface area contributed by atoms with Gasteiger partial charge in [-0.05, 0) is 26.0 Å². The Kier molecular flexibility index (Phi) is 4.34. The molecule has 0 bridgehead atoms. The molecule has 5 nitrogen and oxygen atoms in total. The maximum atomic E-state index is 5.62. The minimum atomic E-state index is 0.0774. The van der Waals surface area contributed by atoms with Gasteiger partial charge in [-0.2, -0.15) is 0 Å². The van der Waals surface area contributed by atoms with Crippen LogP contribution in [0.3, 0.4) is 0 Å². The summed E-state index contributed by atoms with van der Waals surface area (Å²) in [6.07, 6.45) is 5.31. The summed E-state index contributed by atoms with van der Waals surface area (Å²) >= 11 is 5.52. The average molecular weight is 290 g/mol. The van der Waals surface area contributed by atoms with Gasteiger partial charge < -0.3 is 9.64 Å². The van der Waals surface area contributed by atoms with E-state index in [4.69, 9.17) is 17.0 Å². The first-order chi connectivity index (χ1) is 9.50. The molecule has 0 radical (unpaired) electrons. The third kappa shape index (κ3) is 2.96. The minimum Gasteiger partial charge on any atom is -0.462 e. The molecule has 0 unspecified atom stereocenters. The Hall–Kier alpha value is -1.95. The summed E-state index contributed by atoms with van der Waals surface area (Å²) in [5, 5.41) is 0. The summed E-state index contributed by atoms with van der Waals surface area (Å²) in [6, 6.07) is 4.41. The van der Waals surface area contributed by atoms with Crippen LogP contribution in [0.15, 0.2) is 30.7 Å². The van der Waals surface area contributed by atoms with Crippen molar-refractivity contribution in [3.8, 4) is 6.01 Å². The Morgan fingerprint density at radius 2 is 2.15 bits per heavy atom. The lowest BCUT2D eigenvalue weighted by Crippen LogP contribution is -2.27. The van der Waals surface area contributed by atoms with Gasteiger partial charge in [0.25, 0.3) is 6.01 Å². The van der Waals surface area contributed by atoms with Gasteiger partial charge in [0.2, 0.25) is 0 Å². The van der Waals surface area contributed by atoms with Crippen molar-refractivity contribution in [2.24, 2.45) is 7.05 Å². The van der Waals surface area contributed by atoms with Crippen LogP contribution < -0.4 is 9.64 Å². The van der Waals surface area contributed by atoms with Gasteiger partial charge in [0.15, 0.2) is 0 Å². The smallest absolute Gasteiger partial charge is 0.296 e. The molecule has 0 aliphatic rings. The van der Waals surface area contributed by atoms with E-state index in [0.717, 1.165) is 11.4 Å². The number of anilines is 1. The van der Waals surface area contributed by atoms with Crippen molar-refractivity contribution >= 4 is 22.9 Å². The molecule has 0 aliphatic carbocycles. The van der Waals surface area contributed by atoms with Gasteiger partial charge in [-0.1, -0.05) is 12.2 Å². The van der Waals surface area contributed by atoms with Crippen molar-refractivity contribution < 1.29 is 4.74 Å². The highest BCUT2D eigenvalue weighted by Crippen LogP contribution is 2.18. The number of hydrogen-bond donors (Lipinski definition) is 0. The molecule has 2 aromatic rings. The zero-order valence-electron chi connectivity index (χ0n) is 12.1. The molecule has 0 saturated heterocycles. The van der Waals surface area contributed by atoms with Crippen LogP contribution in [0.1, 0.15) is 19.5 Å². The normalized spacial score (nSPS) is 10.7. The fourth-order valence-corrected chi connectivity index (χ4v) is 2.05.